The van der Waals surface area contributed by atoms with Gasteiger partial charge in [-0.15, -0.1) is 0 Å². The third-order valence-electron chi connectivity index (χ3n) is 4.43. The van der Waals surface area contributed by atoms with Crippen LogP contribution in [-0.4, -0.2) is 61.4 Å². The number of nitrogens with zero attached hydrogens (tertiary/aromatic N) is 1. The summed E-state index contributed by atoms with van der Waals surface area (Å²) >= 11 is 0. The summed E-state index contributed by atoms with van der Waals surface area (Å²) in [6.45, 7) is 2.44. The van der Waals surface area contributed by atoms with Crippen LogP contribution in [0.5, 0.6) is 5.75 Å². The van der Waals surface area contributed by atoms with Gasteiger partial charge < -0.3 is 25.4 Å². The molecule has 1 aliphatic rings. The number of hydrogen-bond acceptors (Lipinski definition) is 6. The maximum atomic E-state index is 12.1. The van der Waals surface area contributed by atoms with Crippen LogP contribution < -0.4 is 15.8 Å². The lowest BCUT2D eigenvalue weighted by molar-refractivity contribution is -0.151. The minimum Gasteiger partial charge on any atom is -0.494 e. The predicted molar refractivity (Wildman–Crippen MR) is 99.4 cm³/mol. The first-order chi connectivity index (χ1) is 13.4. The highest BCUT2D eigenvalue weighted by Crippen LogP contribution is 2.16. The van der Waals surface area contributed by atoms with Crippen molar-refractivity contribution in [2.75, 3.05) is 32.8 Å². The Bertz CT molecular complexity index is 711. The summed E-state index contributed by atoms with van der Waals surface area (Å²) in [6, 6.07) is 6.50. The average molecular weight is 391 g/mol. The molecule has 9 nitrogen and oxygen atoms in total. The van der Waals surface area contributed by atoms with Gasteiger partial charge in [-0.3, -0.25) is 19.2 Å². The van der Waals surface area contributed by atoms with E-state index in [1.807, 2.05) is 6.92 Å². The molecule has 1 aliphatic heterocycles. The van der Waals surface area contributed by atoms with E-state index in [0.29, 0.717) is 43.9 Å². The van der Waals surface area contributed by atoms with Gasteiger partial charge in [-0.1, -0.05) is 0 Å². The number of piperidine rings is 1. The van der Waals surface area contributed by atoms with Gasteiger partial charge in [-0.25, -0.2) is 0 Å². The first kappa shape index (κ1) is 21.2. The second-order valence-electron chi connectivity index (χ2n) is 6.36. The highest BCUT2D eigenvalue weighted by Gasteiger charge is 2.26. The molecule has 1 aromatic carbocycles. The van der Waals surface area contributed by atoms with Crippen LogP contribution in [0, 0.1) is 5.92 Å². The lowest BCUT2D eigenvalue weighted by atomic mass is 9.96. The molecule has 3 N–H and O–H groups in total. The molecular formula is C19H25N3O6. The van der Waals surface area contributed by atoms with E-state index in [2.05, 4.69) is 5.32 Å². The number of benzene rings is 1. The standard InChI is InChI=1S/C19H25N3O6/c1-2-27-15-5-3-14(4-6-15)19(26)21-11-17(24)28-12-16(23)22-9-7-13(8-10-22)18(20)25/h3-6,13H,2,7-12H2,1H3,(H2,20,25)(H,21,26). The molecule has 1 heterocycles. The van der Waals surface area contributed by atoms with Gasteiger partial charge >= 0.3 is 5.97 Å². The number of ether oxygens (including phenoxy) is 2. The monoisotopic (exact) mass is 391 g/mol. The van der Waals surface area contributed by atoms with Crippen molar-refractivity contribution in [3.05, 3.63) is 29.8 Å². The largest absolute Gasteiger partial charge is 0.494 e. The van der Waals surface area contributed by atoms with Gasteiger partial charge in [0, 0.05) is 24.6 Å². The first-order valence-electron chi connectivity index (χ1n) is 9.14. The number of hydrogen-bond donors (Lipinski definition) is 2. The molecule has 3 amide bonds. The number of nitrogens with one attached hydrogen (secondary N) is 1. The Labute approximate surface area is 163 Å². The molecule has 0 unspecified atom stereocenters. The number of nitrogens with two attached hydrogens (primary N) is 1. The fourth-order valence-corrected chi connectivity index (χ4v) is 2.82. The Balaban J connectivity index is 1.68. The summed E-state index contributed by atoms with van der Waals surface area (Å²) in [5, 5.41) is 2.44. The zero-order chi connectivity index (χ0) is 20.5. The molecule has 0 bridgehead atoms. The maximum Gasteiger partial charge on any atom is 0.325 e. The molecule has 0 spiro atoms. The number of amides is 3. The molecular weight excluding hydrogens is 366 g/mol. The highest BCUT2D eigenvalue weighted by molar-refractivity contribution is 5.96. The van der Waals surface area contributed by atoms with Gasteiger partial charge in [0.1, 0.15) is 12.3 Å². The normalized spacial score (nSPS) is 14.2. The van der Waals surface area contributed by atoms with E-state index >= 15 is 0 Å². The molecule has 0 saturated carbocycles. The van der Waals surface area contributed by atoms with Crippen LogP contribution in [0.25, 0.3) is 0 Å². The van der Waals surface area contributed by atoms with Gasteiger partial charge in [0.25, 0.3) is 11.8 Å². The second kappa shape index (κ2) is 10.3. The zero-order valence-corrected chi connectivity index (χ0v) is 15.8. The molecule has 1 saturated heterocycles. The average Bonchev–Trinajstić information content (AvgIpc) is 2.71. The van der Waals surface area contributed by atoms with E-state index < -0.39 is 18.5 Å². The lowest BCUT2D eigenvalue weighted by Gasteiger charge is -2.30. The van der Waals surface area contributed by atoms with Crippen LogP contribution in [0.1, 0.15) is 30.1 Å². The van der Waals surface area contributed by atoms with Gasteiger partial charge in [-0.05, 0) is 44.0 Å². The van der Waals surface area contributed by atoms with E-state index in [1.165, 1.54) is 4.90 Å². The van der Waals surface area contributed by atoms with Crippen molar-refractivity contribution in [3.8, 4) is 5.75 Å². The van der Waals surface area contributed by atoms with E-state index in [-0.39, 0.29) is 24.3 Å². The van der Waals surface area contributed by atoms with E-state index in [9.17, 15) is 19.2 Å². The molecule has 2 rings (SSSR count). The molecule has 0 aromatic heterocycles. The Morgan fingerprint density at radius 1 is 1.14 bits per heavy atom. The molecule has 0 aliphatic carbocycles. The van der Waals surface area contributed by atoms with Crippen molar-refractivity contribution in [3.63, 3.8) is 0 Å². The molecule has 0 radical (unpaired) electrons. The molecule has 9 heteroatoms. The Hall–Kier alpha value is -3.10. The van der Waals surface area contributed by atoms with Crippen LogP contribution in [0.2, 0.25) is 0 Å². The summed E-state index contributed by atoms with van der Waals surface area (Å²) in [5.41, 5.74) is 5.63. The summed E-state index contributed by atoms with van der Waals surface area (Å²) in [6.07, 6.45) is 1.01. The van der Waals surface area contributed by atoms with Gasteiger partial charge in [0.2, 0.25) is 5.91 Å². The number of primary amides is 1. The van der Waals surface area contributed by atoms with Crippen molar-refractivity contribution < 1.29 is 28.7 Å². The van der Waals surface area contributed by atoms with Crippen molar-refractivity contribution in [1.29, 1.82) is 0 Å². The second-order valence-corrected chi connectivity index (χ2v) is 6.36. The summed E-state index contributed by atoms with van der Waals surface area (Å²) in [4.78, 5) is 48.5. The third kappa shape index (κ3) is 6.26. The van der Waals surface area contributed by atoms with Crippen LogP contribution in [0.3, 0.4) is 0 Å². The van der Waals surface area contributed by atoms with Crippen molar-refractivity contribution in [2.45, 2.75) is 19.8 Å². The quantitative estimate of drug-likeness (QED) is 0.604. The minimum absolute atomic E-state index is 0.218. The van der Waals surface area contributed by atoms with Gasteiger partial charge in [0.05, 0.1) is 6.61 Å². The molecule has 28 heavy (non-hydrogen) atoms. The lowest BCUT2D eigenvalue weighted by Crippen LogP contribution is -2.43. The molecule has 1 fully saturated rings. The Morgan fingerprint density at radius 2 is 1.79 bits per heavy atom. The summed E-state index contributed by atoms with van der Waals surface area (Å²) < 4.78 is 10.2. The van der Waals surface area contributed by atoms with Gasteiger partial charge in [-0.2, -0.15) is 0 Å². The minimum atomic E-state index is -0.709. The van der Waals surface area contributed by atoms with Crippen LogP contribution >= 0.6 is 0 Å². The highest BCUT2D eigenvalue weighted by atomic mass is 16.5. The topological polar surface area (TPSA) is 128 Å². The smallest absolute Gasteiger partial charge is 0.325 e. The van der Waals surface area contributed by atoms with Crippen LogP contribution in [-0.2, 0) is 19.1 Å². The number of carbonyl (C=O) groups is 4. The Morgan fingerprint density at radius 3 is 2.36 bits per heavy atom. The number of rotatable bonds is 8. The third-order valence-corrected chi connectivity index (χ3v) is 4.43. The molecule has 1 aromatic rings. The zero-order valence-electron chi connectivity index (χ0n) is 15.8. The summed E-state index contributed by atoms with van der Waals surface area (Å²) in [5.74, 6) is -1.41. The van der Waals surface area contributed by atoms with Crippen molar-refractivity contribution in [1.82, 2.24) is 10.2 Å². The number of esters is 1. The predicted octanol–water partition coefficient (Wildman–Crippen LogP) is 0.0822. The fourth-order valence-electron chi connectivity index (χ4n) is 2.82. The van der Waals surface area contributed by atoms with Crippen molar-refractivity contribution in [2.24, 2.45) is 11.7 Å². The first-order valence-corrected chi connectivity index (χ1v) is 9.14. The van der Waals surface area contributed by atoms with Crippen molar-refractivity contribution >= 4 is 23.7 Å². The molecule has 152 valence electrons. The van der Waals surface area contributed by atoms with E-state index in [0.717, 1.165) is 0 Å². The summed E-state index contributed by atoms with van der Waals surface area (Å²) in [7, 11) is 0. The van der Waals surface area contributed by atoms with E-state index in [1.54, 1.807) is 24.3 Å². The SMILES string of the molecule is CCOc1ccc(C(=O)NCC(=O)OCC(=O)N2CCC(C(N)=O)CC2)cc1. The van der Waals surface area contributed by atoms with Crippen LogP contribution in [0.15, 0.2) is 24.3 Å². The van der Waals surface area contributed by atoms with Crippen LogP contribution in [0.4, 0.5) is 0 Å². The van der Waals surface area contributed by atoms with Gasteiger partial charge in [0.15, 0.2) is 6.61 Å². The fraction of sp³-hybridized carbons (Fsp3) is 0.474. The number of likely N-dealkylation sites (tertiary alicyclic amines) is 1. The number of carbonyl (C=O) groups excluding carboxylic acids is 4. The molecule has 0 atom stereocenters. The Kier molecular flexibility index (Phi) is 7.79. The van der Waals surface area contributed by atoms with E-state index in [4.69, 9.17) is 15.2 Å². The maximum absolute atomic E-state index is 12.1.